The minimum atomic E-state index is -0.692. The minimum Gasteiger partial charge on any atom is -0.387 e. The van der Waals surface area contributed by atoms with Gasteiger partial charge in [-0.05, 0) is 85.0 Å². The fourth-order valence-electron chi connectivity index (χ4n) is 8.65. The van der Waals surface area contributed by atoms with Crippen LogP contribution in [0.2, 0.25) is 0 Å². The molecule has 2 saturated heterocycles. The predicted molar refractivity (Wildman–Crippen MR) is 243 cm³/mol. The Bertz CT molecular complexity index is 2610. The molecule has 0 spiro atoms. The van der Waals surface area contributed by atoms with E-state index in [4.69, 9.17) is 4.98 Å². The normalized spacial score (nSPS) is 18.0. The number of aliphatic imine (C=N–C) groups is 1. The van der Waals surface area contributed by atoms with Crippen molar-refractivity contribution in [2.45, 2.75) is 84.0 Å². The first-order valence-electron chi connectivity index (χ1n) is 21.0. The maximum atomic E-state index is 13.5. The third-order valence-electron chi connectivity index (χ3n) is 11.8. The van der Waals surface area contributed by atoms with E-state index >= 15 is 0 Å². The van der Waals surface area contributed by atoms with Crippen molar-refractivity contribution in [3.63, 3.8) is 0 Å². The number of fused-ring (bicyclic) bond motifs is 3. The maximum absolute atomic E-state index is 13.5. The van der Waals surface area contributed by atoms with Crippen LogP contribution in [0, 0.1) is 5.92 Å². The fraction of sp³-hybridized carbons (Fsp3) is 0.362. The Morgan fingerprint density at radius 3 is 2.23 bits per heavy atom. The van der Waals surface area contributed by atoms with Crippen molar-refractivity contribution in [1.82, 2.24) is 30.4 Å². The van der Waals surface area contributed by atoms with E-state index in [9.17, 15) is 24.3 Å². The molecule has 6 aromatic rings. The molecule has 3 aliphatic heterocycles. The number of amides is 4. The number of thiophene rings is 2. The highest BCUT2D eigenvalue weighted by atomic mass is 32.1. The number of aliphatic hydroxyl groups is 1. The van der Waals surface area contributed by atoms with Crippen LogP contribution in [0.15, 0.2) is 82.5 Å². The lowest BCUT2D eigenvalue weighted by molar-refractivity contribution is -0.139. The summed E-state index contributed by atoms with van der Waals surface area (Å²) in [5, 5.41) is 19.2. The average Bonchev–Trinajstić information content (AvgIpc) is 4.12. The Hall–Kier alpha value is -5.70. The van der Waals surface area contributed by atoms with Gasteiger partial charge in [0.15, 0.2) is 0 Å². The van der Waals surface area contributed by atoms with Crippen LogP contribution < -0.4 is 10.6 Å². The number of carbonyl (C=O) groups is 4. The van der Waals surface area contributed by atoms with Crippen molar-refractivity contribution in [1.29, 1.82) is 0 Å². The molecule has 0 saturated carbocycles. The number of aromatic amines is 1. The summed E-state index contributed by atoms with van der Waals surface area (Å²) < 4.78 is 2.58. The summed E-state index contributed by atoms with van der Waals surface area (Å²) in [5.74, 6) is -0.222. The Balaban J connectivity index is 0.000000227. The van der Waals surface area contributed by atoms with Crippen LogP contribution in [0.25, 0.3) is 42.7 Å². The number of benzene rings is 3. The first-order chi connectivity index (χ1) is 29.5. The lowest BCUT2D eigenvalue weighted by atomic mass is 10.0. The van der Waals surface area contributed by atoms with E-state index in [1.807, 2.05) is 66.3 Å². The van der Waals surface area contributed by atoms with E-state index < -0.39 is 24.6 Å². The molecule has 3 aromatic carbocycles. The van der Waals surface area contributed by atoms with Crippen molar-refractivity contribution in [2.75, 3.05) is 19.7 Å². The minimum absolute atomic E-state index is 0.00796. The first-order valence-corrected chi connectivity index (χ1v) is 22.7. The van der Waals surface area contributed by atoms with E-state index in [-0.39, 0.29) is 35.7 Å². The zero-order valence-corrected chi connectivity index (χ0v) is 36.4. The molecule has 9 rings (SSSR count). The summed E-state index contributed by atoms with van der Waals surface area (Å²) in [6, 6.07) is 21.1. The summed E-state index contributed by atoms with van der Waals surface area (Å²) in [7, 11) is 0. The number of nitrogens with one attached hydrogen (secondary N) is 3. The lowest BCUT2D eigenvalue weighted by Gasteiger charge is -2.30. The second kappa shape index (κ2) is 18.1. The number of nitrogens with zero attached hydrogens (tertiary/aromatic N) is 4. The van der Waals surface area contributed by atoms with Gasteiger partial charge in [0.05, 0.1) is 32.2 Å². The molecule has 14 heteroatoms. The highest BCUT2D eigenvalue weighted by molar-refractivity contribution is 7.27. The highest BCUT2D eigenvalue weighted by Gasteiger charge is 2.37. The highest BCUT2D eigenvalue weighted by Crippen LogP contribution is 2.45. The molecule has 0 aliphatic carbocycles. The second-order valence-electron chi connectivity index (χ2n) is 16.4. The Morgan fingerprint density at radius 2 is 1.56 bits per heavy atom. The molecule has 316 valence electrons. The Kier molecular flexibility index (Phi) is 12.5. The fourth-order valence-corrected chi connectivity index (χ4v) is 11.1. The van der Waals surface area contributed by atoms with Gasteiger partial charge in [-0.15, -0.1) is 22.7 Å². The number of likely N-dealkylation sites (tertiary alicyclic amines) is 2. The Morgan fingerprint density at radius 1 is 0.869 bits per heavy atom. The van der Waals surface area contributed by atoms with Crippen molar-refractivity contribution in [3.8, 4) is 22.3 Å². The van der Waals surface area contributed by atoms with Crippen LogP contribution in [0.3, 0.4) is 0 Å². The molecule has 3 aromatic heterocycles. The summed E-state index contributed by atoms with van der Waals surface area (Å²) in [4.78, 5) is 65.9. The molecule has 0 bridgehead atoms. The first kappa shape index (κ1) is 42.0. The van der Waals surface area contributed by atoms with E-state index in [2.05, 4.69) is 68.6 Å². The van der Waals surface area contributed by atoms with Crippen LogP contribution >= 0.6 is 22.7 Å². The molecule has 61 heavy (non-hydrogen) atoms. The molecule has 4 atom stereocenters. The second-order valence-corrected chi connectivity index (χ2v) is 18.1. The van der Waals surface area contributed by atoms with E-state index in [1.54, 1.807) is 22.7 Å². The van der Waals surface area contributed by atoms with E-state index in [0.717, 1.165) is 72.3 Å². The van der Waals surface area contributed by atoms with Crippen molar-refractivity contribution >= 4 is 78.6 Å². The van der Waals surface area contributed by atoms with E-state index in [1.165, 1.54) is 38.6 Å². The third kappa shape index (κ3) is 8.75. The van der Waals surface area contributed by atoms with Crippen LogP contribution in [0.1, 0.15) is 82.4 Å². The maximum Gasteiger partial charge on any atom is 0.250 e. The van der Waals surface area contributed by atoms with Gasteiger partial charge in [0.1, 0.15) is 24.5 Å². The van der Waals surface area contributed by atoms with Gasteiger partial charge in [-0.25, -0.2) is 4.98 Å². The predicted octanol–water partition coefficient (Wildman–Crippen LogP) is 8.10. The summed E-state index contributed by atoms with van der Waals surface area (Å²) in [6.07, 6.45) is 6.60. The van der Waals surface area contributed by atoms with Crippen molar-refractivity contribution in [3.05, 3.63) is 94.4 Å². The number of aromatic nitrogens is 2. The topological polar surface area (TPSA) is 160 Å². The molecule has 4 amide bonds. The SMILES string of the molecule is CC(=O)N[C@@H](C(=O)N1CCCC1C)c1ccccc1.CC(C)[C@@H](NC(=O)CO)C(=O)N1CCCC1c1nc2ccc(-c3csc4c(-c5ccc6c(c5)CC=N6)csc34)cc2[nH]1. The summed E-state index contributed by atoms with van der Waals surface area (Å²) in [6.45, 7) is 8.03. The van der Waals surface area contributed by atoms with Gasteiger partial charge >= 0.3 is 0 Å². The van der Waals surface area contributed by atoms with Crippen LogP contribution in [-0.2, 0) is 25.6 Å². The number of hydrogen-bond donors (Lipinski definition) is 4. The quantitative estimate of drug-likeness (QED) is 0.109. The molecule has 2 fully saturated rings. The molecule has 0 radical (unpaired) electrons. The Labute approximate surface area is 363 Å². The van der Waals surface area contributed by atoms with E-state index in [0.29, 0.717) is 6.54 Å². The number of rotatable bonds is 10. The van der Waals surface area contributed by atoms with Gasteiger partial charge in [0.25, 0.3) is 0 Å². The van der Waals surface area contributed by atoms with Gasteiger partial charge in [0, 0.05) is 60.6 Å². The molecular formula is C47H51N7O5S2. The summed E-state index contributed by atoms with van der Waals surface area (Å²) in [5.41, 5.74) is 9.83. The van der Waals surface area contributed by atoms with Gasteiger partial charge in [-0.3, -0.25) is 24.2 Å². The third-order valence-corrected chi connectivity index (χ3v) is 14.0. The number of carbonyl (C=O) groups excluding carboxylic acids is 4. The van der Waals surface area contributed by atoms with Gasteiger partial charge in [-0.2, -0.15) is 0 Å². The van der Waals surface area contributed by atoms with Gasteiger partial charge in [-0.1, -0.05) is 56.3 Å². The zero-order valence-electron chi connectivity index (χ0n) is 34.8. The average molecular weight is 858 g/mol. The molecule has 4 N–H and O–H groups in total. The zero-order chi connectivity index (χ0) is 42.8. The van der Waals surface area contributed by atoms with Crippen LogP contribution in [-0.4, -0.2) is 86.5 Å². The monoisotopic (exact) mass is 857 g/mol. The van der Waals surface area contributed by atoms with Crippen molar-refractivity contribution < 1.29 is 24.3 Å². The molecule has 12 nitrogen and oxygen atoms in total. The smallest absolute Gasteiger partial charge is 0.250 e. The van der Waals surface area contributed by atoms with Crippen LogP contribution in [0.5, 0.6) is 0 Å². The van der Waals surface area contributed by atoms with Crippen LogP contribution in [0.4, 0.5) is 5.69 Å². The molecular weight excluding hydrogens is 807 g/mol. The number of imidazole rings is 1. The van der Waals surface area contributed by atoms with Gasteiger partial charge < -0.3 is 30.5 Å². The number of hydrogen-bond acceptors (Lipinski definition) is 9. The molecule has 2 unspecified atom stereocenters. The summed E-state index contributed by atoms with van der Waals surface area (Å²) >= 11 is 3.56. The standard InChI is InChI=1S/C32H31N5O3S2.C15H20N2O2/c1-17(2)28(36-27(39)14-38)32(40)37-11-3-4-26(37)31-34-24-8-6-19(13-25(24)35-31)22-16-42-29-21(15-41-30(22)29)18-5-7-23-20(12-18)9-10-33-23;1-11-7-6-10-17(11)15(19)14(16-12(2)18)13-8-4-3-5-9-13/h5-8,10,12-13,15-17,26,28,38H,3-4,9,11,14H2,1-2H3,(H,34,35)(H,36,39);3-5,8-9,11,14H,6-7,10H2,1-2H3,(H,16,18)/t26?,28-;11?,14-/m11/s1. The molecule has 6 heterocycles. The van der Waals surface area contributed by atoms with Gasteiger partial charge in [0.2, 0.25) is 23.6 Å². The lowest BCUT2D eigenvalue weighted by Crippen LogP contribution is -2.51. The largest absolute Gasteiger partial charge is 0.387 e. The van der Waals surface area contributed by atoms with Crippen molar-refractivity contribution in [2.24, 2.45) is 10.9 Å². The number of aliphatic hydroxyl groups excluding tert-OH is 1. The number of H-pyrrole nitrogens is 1. The molecule has 3 aliphatic rings.